The average Bonchev–Trinajstić information content (AvgIpc) is 2.96. The van der Waals surface area contributed by atoms with Crippen molar-refractivity contribution in [3.05, 3.63) is 0 Å². The van der Waals surface area contributed by atoms with Crippen LogP contribution in [0.5, 0.6) is 0 Å². The Bertz CT molecular complexity index is 205. The van der Waals surface area contributed by atoms with Gasteiger partial charge in [-0.1, -0.05) is 12.8 Å². The molecule has 0 aromatic carbocycles. The molecular weight excluding hydrogens is 198 g/mol. The maximum Gasteiger partial charge on any atom is 0.0518 e. The van der Waals surface area contributed by atoms with E-state index < -0.39 is 0 Å². The monoisotopic (exact) mass is 225 g/mol. The minimum Gasteiger partial charge on any atom is -0.379 e. The first kappa shape index (κ1) is 12.4. The van der Waals surface area contributed by atoms with E-state index in [0.717, 1.165) is 12.6 Å². The first-order valence-corrected chi connectivity index (χ1v) is 7.05. The largest absolute Gasteiger partial charge is 0.379 e. The molecule has 2 rings (SSSR count). The van der Waals surface area contributed by atoms with Gasteiger partial charge in [-0.2, -0.15) is 0 Å². The van der Waals surface area contributed by atoms with Gasteiger partial charge in [0.15, 0.2) is 0 Å². The van der Waals surface area contributed by atoms with Gasteiger partial charge in [-0.25, -0.2) is 0 Å². The van der Waals surface area contributed by atoms with E-state index in [9.17, 15) is 0 Å². The summed E-state index contributed by atoms with van der Waals surface area (Å²) in [5, 5.41) is 3.72. The van der Waals surface area contributed by atoms with Crippen LogP contribution in [-0.2, 0) is 4.74 Å². The molecule has 0 aromatic rings. The fourth-order valence-corrected chi connectivity index (χ4v) is 2.80. The quantitative estimate of drug-likeness (QED) is 0.719. The van der Waals surface area contributed by atoms with Crippen LogP contribution >= 0.6 is 0 Å². The van der Waals surface area contributed by atoms with Gasteiger partial charge in [-0.15, -0.1) is 0 Å². The topological polar surface area (TPSA) is 21.3 Å². The number of hydrogen-bond donors (Lipinski definition) is 1. The highest BCUT2D eigenvalue weighted by atomic mass is 16.5. The summed E-state index contributed by atoms with van der Waals surface area (Å²) < 4.78 is 5.72. The highest BCUT2D eigenvalue weighted by molar-refractivity contribution is 4.90. The molecule has 1 N–H and O–H groups in total. The maximum absolute atomic E-state index is 5.72. The molecule has 2 saturated carbocycles. The molecule has 2 nitrogen and oxygen atoms in total. The van der Waals surface area contributed by atoms with E-state index in [1.165, 1.54) is 51.5 Å². The Labute approximate surface area is 100 Å². The molecule has 0 radical (unpaired) electrons. The Balaban J connectivity index is 1.72. The van der Waals surface area contributed by atoms with E-state index in [0.29, 0.717) is 11.5 Å². The number of hydrogen-bond acceptors (Lipinski definition) is 2. The van der Waals surface area contributed by atoms with Gasteiger partial charge in [-0.05, 0) is 51.4 Å². The lowest BCUT2D eigenvalue weighted by atomic mass is 9.83. The summed E-state index contributed by atoms with van der Waals surface area (Å²) in [6.45, 7) is 6.44. The summed E-state index contributed by atoms with van der Waals surface area (Å²) in [4.78, 5) is 0. The molecule has 2 fully saturated rings. The molecule has 0 unspecified atom stereocenters. The van der Waals surface area contributed by atoms with Gasteiger partial charge in [0, 0.05) is 19.2 Å². The zero-order valence-electron chi connectivity index (χ0n) is 10.9. The average molecular weight is 225 g/mol. The van der Waals surface area contributed by atoms with E-state index in [-0.39, 0.29) is 0 Å². The van der Waals surface area contributed by atoms with Crippen molar-refractivity contribution >= 4 is 0 Å². The zero-order valence-corrected chi connectivity index (χ0v) is 10.9. The SMILES string of the molecule is CC(C)OCCC1(CNC2CC2)CCCC1. The molecule has 94 valence electrons. The number of nitrogens with one attached hydrogen (secondary N) is 1. The molecule has 2 aliphatic carbocycles. The van der Waals surface area contributed by atoms with E-state index in [1.807, 2.05) is 0 Å². The highest BCUT2D eigenvalue weighted by Crippen LogP contribution is 2.41. The summed E-state index contributed by atoms with van der Waals surface area (Å²) in [5.41, 5.74) is 0.567. The smallest absolute Gasteiger partial charge is 0.0518 e. The zero-order chi connectivity index (χ0) is 11.4. The molecule has 0 bridgehead atoms. The molecule has 0 saturated heterocycles. The van der Waals surface area contributed by atoms with Gasteiger partial charge in [0.1, 0.15) is 0 Å². The molecule has 0 heterocycles. The third-order valence-electron chi connectivity index (χ3n) is 4.09. The second-order valence-corrected chi connectivity index (χ2v) is 6.03. The van der Waals surface area contributed by atoms with Crippen molar-refractivity contribution in [1.82, 2.24) is 5.32 Å². The van der Waals surface area contributed by atoms with Crippen LogP contribution in [0.3, 0.4) is 0 Å². The van der Waals surface area contributed by atoms with Crippen molar-refractivity contribution in [2.75, 3.05) is 13.2 Å². The summed E-state index contributed by atoms with van der Waals surface area (Å²) in [7, 11) is 0. The van der Waals surface area contributed by atoms with Crippen LogP contribution < -0.4 is 5.32 Å². The van der Waals surface area contributed by atoms with Crippen LogP contribution in [-0.4, -0.2) is 25.3 Å². The van der Waals surface area contributed by atoms with Gasteiger partial charge in [0.05, 0.1) is 6.10 Å². The molecule has 0 amide bonds. The van der Waals surface area contributed by atoms with Crippen molar-refractivity contribution in [2.24, 2.45) is 5.41 Å². The Hall–Kier alpha value is -0.0800. The Kier molecular flexibility index (Phi) is 4.26. The lowest BCUT2D eigenvalue weighted by molar-refractivity contribution is 0.0513. The lowest BCUT2D eigenvalue weighted by Crippen LogP contribution is -2.34. The second-order valence-electron chi connectivity index (χ2n) is 6.03. The van der Waals surface area contributed by atoms with E-state index in [1.54, 1.807) is 0 Å². The summed E-state index contributed by atoms with van der Waals surface area (Å²) in [6.07, 6.45) is 10.1. The Morgan fingerprint density at radius 3 is 2.50 bits per heavy atom. The van der Waals surface area contributed by atoms with Crippen LogP contribution in [0.25, 0.3) is 0 Å². The number of ether oxygens (including phenoxy) is 1. The van der Waals surface area contributed by atoms with Gasteiger partial charge in [-0.3, -0.25) is 0 Å². The predicted octanol–water partition coefficient (Wildman–Crippen LogP) is 3.11. The third kappa shape index (κ3) is 3.74. The maximum atomic E-state index is 5.72. The van der Waals surface area contributed by atoms with Crippen LogP contribution in [0.2, 0.25) is 0 Å². The van der Waals surface area contributed by atoms with Crippen LogP contribution in [0.4, 0.5) is 0 Å². The van der Waals surface area contributed by atoms with Crippen LogP contribution in [0, 0.1) is 5.41 Å². The molecule has 16 heavy (non-hydrogen) atoms. The van der Waals surface area contributed by atoms with E-state index in [4.69, 9.17) is 4.74 Å². The normalized spacial score (nSPS) is 24.2. The minimum absolute atomic E-state index is 0.384. The van der Waals surface area contributed by atoms with Gasteiger partial charge < -0.3 is 10.1 Å². The first-order chi connectivity index (χ1) is 7.70. The Morgan fingerprint density at radius 2 is 1.94 bits per heavy atom. The van der Waals surface area contributed by atoms with Crippen molar-refractivity contribution < 1.29 is 4.74 Å². The summed E-state index contributed by atoms with van der Waals surface area (Å²) in [5.74, 6) is 0. The molecule has 2 heteroatoms. The van der Waals surface area contributed by atoms with E-state index >= 15 is 0 Å². The Morgan fingerprint density at radius 1 is 1.25 bits per heavy atom. The van der Waals surface area contributed by atoms with Gasteiger partial charge in [0.2, 0.25) is 0 Å². The molecular formula is C14H27NO. The molecule has 0 aromatic heterocycles. The summed E-state index contributed by atoms with van der Waals surface area (Å²) in [6, 6.07) is 0.850. The van der Waals surface area contributed by atoms with Gasteiger partial charge >= 0.3 is 0 Å². The van der Waals surface area contributed by atoms with Crippen LogP contribution in [0.1, 0.15) is 58.8 Å². The predicted molar refractivity (Wildman–Crippen MR) is 67.6 cm³/mol. The first-order valence-electron chi connectivity index (χ1n) is 7.05. The van der Waals surface area contributed by atoms with Crippen molar-refractivity contribution in [3.63, 3.8) is 0 Å². The van der Waals surface area contributed by atoms with E-state index in [2.05, 4.69) is 19.2 Å². The second kappa shape index (κ2) is 5.50. The lowest BCUT2D eigenvalue weighted by Gasteiger charge is -2.29. The highest BCUT2D eigenvalue weighted by Gasteiger charge is 2.35. The number of rotatable bonds is 7. The minimum atomic E-state index is 0.384. The molecule has 2 aliphatic rings. The van der Waals surface area contributed by atoms with Crippen molar-refractivity contribution in [3.8, 4) is 0 Å². The van der Waals surface area contributed by atoms with Gasteiger partial charge in [0.25, 0.3) is 0 Å². The molecule has 0 spiro atoms. The molecule has 0 aliphatic heterocycles. The summed E-state index contributed by atoms with van der Waals surface area (Å²) >= 11 is 0. The molecule has 0 atom stereocenters. The fraction of sp³-hybridized carbons (Fsp3) is 1.00. The fourth-order valence-electron chi connectivity index (χ4n) is 2.80. The standard InChI is InChI=1S/C14H27NO/c1-12(2)16-10-9-14(7-3-4-8-14)11-15-13-5-6-13/h12-13,15H,3-11H2,1-2H3. The van der Waals surface area contributed by atoms with Crippen molar-refractivity contribution in [1.29, 1.82) is 0 Å². The third-order valence-corrected chi connectivity index (χ3v) is 4.09. The van der Waals surface area contributed by atoms with Crippen molar-refractivity contribution in [2.45, 2.75) is 70.9 Å². The van der Waals surface area contributed by atoms with Crippen LogP contribution in [0.15, 0.2) is 0 Å².